The Labute approximate surface area is 102 Å². The molecular weight excluding hydrogens is 216 g/mol. The Kier molecular flexibility index (Phi) is 2.54. The largest absolute Gasteiger partial charge is 0.463 e. The van der Waals surface area contributed by atoms with Crippen molar-refractivity contribution in [1.82, 2.24) is 0 Å². The first-order valence-electron chi connectivity index (χ1n) is 6.74. The van der Waals surface area contributed by atoms with Crippen LogP contribution in [0.3, 0.4) is 0 Å². The molecule has 0 unspecified atom stereocenters. The van der Waals surface area contributed by atoms with E-state index in [0.717, 1.165) is 11.1 Å². The number of esters is 1. The van der Waals surface area contributed by atoms with Crippen molar-refractivity contribution in [2.24, 2.45) is 23.7 Å². The van der Waals surface area contributed by atoms with Crippen molar-refractivity contribution in [3.63, 3.8) is 0 Å². The number of hydrogen-bond acceptors (Lipinski definition) is 3. The normalized spacial score (nSPS) is 39.9. The summed E-state index contributed by atoms with van der Waals surface area (Å²) in [5, 5.41) is 9.87. The number of carbonyl (C=O) groups excluding carboxylic acids is 1. The van der Waals surface area contributed by atoms with E-state index in [1.165, 1.54) is 19.3 Å². The van der Waals surface area contributed by atoms with Gasteiger partial charge in [0.1, 0.15) is 0 Å². The van der Waals surface area contributed by atoms with Crippen molar-refractivity contribution < 1.29 is 14.6 Å². The highest BCUT2D eigenvalue weighted by Gasteiger charge is 2.59. The molecule has 2 bridgehead atoms. The van der Waals surface area contributed by atoms with Crippen molar-refractivity contribution in [3.8, 4) is 0 Å². The fourth-order valence-electron chi connectivity index (χ4n) is 4.40. The van der Waals surface area contributed by atoms with Gasteiger partial charge in [-0.1, -0.05) is 0 Å². The molecule has 0 aromatic rings. The van der Waals surface area contributed by atoms with Gasteiger partial charge in [0.05, 0.1) is 12.7 Å². The molecule has 17 heavy (non-hydrogen) atoms. The molecule has 0 aliphatic heterocycles. The van der Waals surface area contributed by atoms with Crippen LogP contribution in [0.1, 0.15) is 33.1 Å². The molecule has 0 saturated heterocycles. The van der Waals surface area contributed by atoms with E-state index >= 15 is 0 Å². The number of aliphatic hydroxyl groups excluding tert-OH is 1. The van der Waals surface area contributed by atoms with E-state index in [1.807, 2.05) is 6.92 Å². The van der Waals surface area contributed by atoms with Gasteiger partial charge in [0.15, 0.2) is 0 Å². The van der Waals surface area contributed by atoms with Crippen LogP contribution in [-0.2, 0) is 9.53 Å². The van der Waals surface area contributed by atoms with Gasteiger partial charge in [0.2, 0.25) is 0 Å². The standard InChI is InChI=1S/C14H20O3/c1-3-17-14(16)13-10(7(2)15)11-8-4-5-9(6-8)12(11)13/h7-9,11-12,15H,3-6H2,1-2H3/t7-,8-,9+,11-,12-/m0/s1. The first kappa shape index (κ1) is 11.3. The third kappa shape index (κ3) is 1.41. The molecule has 2 saturated carbocycles. The van der Waals surface area contributed by atoms with Crippen LogP contribution in [0.5, 0.6) is 0 Å². The number of ether oxygens (including phenoxy) is 1. The lowest BCUT2D eigenvalue weighted by Crippen LogP contribution is -2.43. The van der Waals surface area contributed by atoms with Crippen molar-refractivity contribution in [1.29, 1.82) is 0 Å². The minimum atomic E-state index is -0.491. The second-order valence-corrected chi connectivity index (χ2v) is 5.65. The minimum Gasteiger partial charge on any atom is -0.463 e. The number of fused-ring (bicyclic) bond motifs is 5. The van der Waals surface area contributed by atoms with E-state index in [-0.39, 0.29) is 5.97 Å². The number of carbonyl (C=O) groups is 1. The van der Waals surface area contributed by atoms with Gasteiger partial charge in [-0.15, -0.1) is 0 Å². The predicted molar refractivity (Wildman–Crippen MR) is 63.2 cm³/mol. The number of hydrogen-bond donors (Lipinski definition) is 1. The maximum Gasteiger partial charge on any atom is 0.334 e. The summed E-state index contributed by atoms with van der Waals surface area (Å²) in [6.07, 6.45) is 3.28. The van der Waals surface area contributed by atoms with Crippen molar-refractivity contribution in [2.45, 2.75) is 39.2 Å². The van der Waals surface area contributed by atoms with Crippen molar-refractivity contribution >= 4 is 5.97 Å². The fourth-order valence-corrected chi connectivity index (χ4v) is 4.40. The van der Waals surface area contributed by atoms with Gasteiger partial charge in [0.25, 0.3) is 0 Å². The fraction of sp³-hybridized carbons (Fsp3) is 0.786. The van der Waals surface area contributed by atoms with Gasteiger partial charge < -0.3 is 9.84 Å². The second-order valence-electron chi connectivity index (χ2n) is 5.65. The Morgan fingerprint density at radius 1 is 1.41 bits per heavy atom. The van der Waals surface area contributed by atoms with E-state index in [0.29, 0.717) is 30.3 Å². The average molecular weight is 236 g/mol. The van der Waals surface area contributed by atoms with E-state index in [9.17, 15) is 9.90 Å². The molecule has 0 heterocycles. The summed E-state index contributed by atoms with van der Waals surface area (Å²) < 4.78 is 5.13. The summed E-state index contributed by atoms with van der Waals surface area (Å²) in [7, 11) is 0. The van der Waals surface area contributed by atoms with Gasteiger partial charge in [-0.25, -0.2) is 4.79 Å². The van der Waals surface area contributed by atoms with Gasteiger partial charge in [-0.3, -0.25) is 0 Å². The van der Waals surface area contributed by atoms with E-state index in [4.69, 9.17) is 4.74 Å². The molecule has 0 spiro atoms. The Hall–Kier alpha value is -0.830. The number of rotatable bonds is 3. The van der Waals surface area contributed by atoms with Crippen molar-refractivity contribution in [3.05, 3.63) is 11.1 Å². The van der Waals surface area contributed by atoms with Crippen molar-refractivity contribution in [2.75, 3.05) is 6.61 Å². The van der Waals surface area contributed by atoms with E-state index in [1.54, 1.807) is 6.92 Å². The summed E-state index contributed by atoms with van der Waals surface area (Å²) in [5.41, 5.74) is 1.81. The number of aliphatic hydroxyl groups is 1. The molecule has 3 nitrogen and oxygen atoms in total. The summed E-state index contributed by atoms with van der Waals surface area (Å²) in [5.74, 6) is 2.09. The monoisotopic (exact) mass is 236 g/mol. The Balaban J connectivity index is 1.93. The summed E-state index contributed by atoms with van der Waals surface area (Å²) in [6.45, 7) is 4.02. The first-order valence-corrected chi connectivity index (χ1v) is 6.74. The third-order valence-electron chi connectivity index (χ3n) is 4.87. The molecule has 3 rings (SSSR count). The van der Waals surface area contributed by atoms with Crippen LogP contribution in [0.4, 0.5) is 0 Å². The molecule has 3 aliphatic rings. The Morgan fingerprint density at radius 2 is 2.06 bits per heavy atom. The minimum absolute atomic E-state index is 0.183. The SMILES string of the molecule is CCOC(=O)C1=C([C@H](C)O)[C@@H]2[C@H]3CC[C@H](C3)[C@H]12. The summed E-state index contributed by atoms with van der Waals surface area (Å²) in [4.78, 5) is 12.0. The summed E-state index contributed by atoms with van der Waals surface area (Å²) >= 11 is 0. The molecular formula is C14H20O3. The lowest BCUT2D eigenvalue weighted by Gasteiger charge is -2.44. The molecule has 2 fully saturated rings. The zero-order chi connectivity index (χ0) is 12.2. The van der Waals surface area contributed by atoms with Gasteiger partial charge in [0, 0.05) is 11.5 Å². The van der Waals surface area contributed by atoms with Crippen LogP contribution in [0.15, 0.2) is 11.1 Å². The maximum atomic E-state index is 12.0. The van der Waals surface area contributed by atoms with Crippen LogP contribution >= 0.6 is 0 Å². The molecule has 1 N–H and O–H groups in total. The lowest BCUT2D eigenvalue weighted by molar-refractivity contribution is -0.140. The topological polar surface area (TPSA) is 46.5 Å². The van der Waals surface area contributed by atoms with Crippen LogP contribution in [0, 0.1) is 23.7 Å². The molecule has 94 valence electrons. The average Bonchev–Trinajstić information content (AvgIpc) is 2.74. The van der Waals surface area contributed by atoms with Gasteiger partial charge >= 0.3 is 5.97 Å². The van der Waals surface area contributed by atoms with Gasteiger partial charge in [-0.05, 0) is 56.4 Å². The lowest BCUT2D eigenvalue weighted by atomic mass is 9.60. The maximum absolute atomic E-state index is 12.0. The molecule has 0 radical (unpaired) electrons. The third-order valence-corrected chi connectivity index (χ3v) is 4.87. The smallest absolute Gasteiger partial charge is 0.334 e. The molecule has 5 atom stereocenters. The van der Waals surface area contributed by atoms with Gasteiger partial charge in [-0.2, -0.15) is 0 Å². The van der Waals surface area contributed by atoms with E-state index in [2.05, 4.69) is 0 Å². The van der Waals surface area contributed by atoms with Crippen LogP contribution < -0.4 is 0 Å². The summed E-state index contributed by atoms with van der Waals surface area (Å²) in [6, 6.07) is 0. The molecule has 3 heteroatoms. The molecule has 3 aliphatic carbocycles. The van der Waals surface area contributed by atoms with Crippen LogP contribution in [0.2, 0.25) is 0 Å². The highest BCUT2D eigenvalue weighted by Crippen LogP contribution is 2.64. The zero-order valence-electron chi connectivity index (χ0n) is 10.5. The quantitative estimate of drug-likeness (QED) is 0.761. The first-order chi connectivity index (χ1) is 8.15. The molecule has 0 aromatic carbocycles. The van der Waals surface area contributed by atoms with Crippen LogP contribution in [0.25, 0.3) is 0 Å². The molecule has 0 aromatic heterocycles. The highest BCUT2D eigenvalue weighted by atomic mass is 16.5. The van der Waals surface area contributed by atoms with Crippen LogP contribution in [-0.4, -0.2) is 23.8 Å². The molecule has 0 amide bonds. The Bertz CT molecular complexity index is 383. The van der Waals surface area contributed by atoms with E-state index < -0.39 is 6.10 Å². The second kappa shape index (κ2) is 3.84. The Morgan fingerprint density at radius 3 is 2.65 bits per heavy atom. The zero-order valence-corrected chi connectivity index (χ0v) is 10.5. The highest BCUT2D eigenvalue weighted by molar-refractivity contribution is 5.93. The predicted octanol–water partition coefficient (Wildman–Crippen LogP) is 1.90.